The lowest BCUT2D eigenvalue weighted by atomic mass is 9.85. The second kappa shape index (κ2) is 6.21. The van der Waals surface area contributed by atoms with E-state index in [4.69, 9.17) is 9.84 Å². The van der Waals surface area contributed by atoms with Crippen LogP contribution >= 0.6 is 0 Å². The largest absolute Gasteiger partial charge is 0.496 e. The molecule has 1 atom stereocenters. The lowest BCUT2D eigenvalue weighted by Gasteiger charge is -2.24. The molecule has 0 saturated carbocycles. The van der Waals surface area contributed by atoms with Crippen molar-refractivity contribution >= 4 is 0 Å². The van der Waals surface area contributed by atoms with Crippen LogP contribution in [0, 0.1) is 0 Å². The molecule has 0 radical (unpaired) electrons. The Morgan fingerprint density at radius 2 is 2.00 bits per heavy atom. The number of aliphatic hydroxyl groups excluding tert-OH is 1. The monoisotopic (exact) mass is 251 g/mol. The predicted molar refractivity (Wildman–Crippen MR) is 75.2 cm³/mol. The molecule has 0 aromatic heterocycles. The van der Waals surface area contributed by atoms with Gasteiger partial charge in [-0.1, -0.05) is 26.8 Å². The first kappa shape index (κ1) is 15.0. The normalized spacial score (nSPS) is 13.4. The minimum Gasteiger partial charge on any atom is -0.496 e. The molecule has 102 valence electrons. The lowest BCUT2D eigenvalue weighted by molar-refractivity contribution is 0.267. The zero-order valence-electron chi connectivity index (χ0n) is 12.1. The third kappa shape index (κ3) is 3.47. The molecule has 2 N–H and O–H groups in total. The van der Waals surface area contributed by atoms with Gasteiger partial charge in [0.15, 0.2) is 0 Å². The van der Waals surface area contributed by atoms with Crippen LogP contribution < -0.4 is 10.1 Å². The van der Waals surface area contributed by atoms with Crippen LogP contribution in [-0.2, 0) is 5.41 Å². The molecular formula is C15H25NO2. The van der Waals surface area contributed by atoms with E-state index in [0.29, 0.717) is 6.42 Å². The van der Waals surface area contributed by atoms with Gasteiger partial charge in [-0.25, -0.2) is 0 Å². The highest BCUT2D eigenvalue weighted by Crippen LogP contribution is 2.32. The molecule has 1 aromatic rings. The molecule has 1 unspecified atom stereocenters. The van der Waals surface area contributed by atoms with Crippen LogP contribution in [0.5, 0.6) is 5.75 Å². The highest BCUT2D eigenvalue weighted by Gasteiger charge is 2.19. The molecule has 0 amide bonds. The Morgan fingerprint density at radius 3 is 2.44 bits per heavy atom. The molecule has 0 spiro atoms. The molecule has 0 saturated heterocycles. The highest BCUT2D eigenvalue weighted by atomic mass is 16.5. The van der Waals surface area contributed by atoms with Gasteiger partial charge in [0, 0.05) is 18.2 Å². The van der Waals surface area contributed by atoms with Crippen LogP contribution in [-0.4, -0.2) is 25.9 Å². The van der Waals surface area contributed by atoms with E-state index in [2.05, 4.69) is 38.2 Å². The average Bonchev–Trinajstić information content (AvgIpc) is 2.34. The fourth-order valence-corrected chi connectivity index (χ4v) is 2.06. The summed E-state index contributed by atoms with van der Waals surface area (Å²) in [5.74, 6) is 0.871. The molecule has 1 rings (SSSR count). The molecular weight excluding hydrogens is 226 g/mol. The third-order valence-corrected chi connectivity index (χ3v) is 3.24. The quantitative estimate of drug-likeness (QED) is 0.845. The lowest BCUT2D eigenvalue weighted by Crippen LogP contribution is -2.20. The molecule has 0 aliphatic rings. The van der Waals surface area contributed by atoms with Crippen molar-refractivity contribution in [2.45, 2.75) is 38.6 Å². The number of ether oxygens (including phenoxy) is 1. The number of hydrogen-bond donors (Lipinski definition) is 2. The van der Waals surface area contributed by atoms with Gasteiger partial charge in [0.05, 0.1) is 7.11 Å². The molecule has 3 nitrogen and oxygen atoms in total. The minimum absolute atomic E-state index is 0.110. The Kier molecular flexibility index (Phi) is 5.17. The summed E-state index contributed by atoms with van der Waals surface area (Å²) in [6, 6.07) is 6.41. The maximum Gasteiger partial charge on any atom is 0.123 e. The summed E-state index contributed by atoms with van der Waals surface area (Å²) in [6.45, 7) is 6.74. The van der Waals surface area contributed by atoms with Crippen LogP contribution in [0.15, 0.2) is 18.2 Å². The van der Waals surface area contributed by atoms with E-state index in [-0.39, 0.29) is 18.1 Å². The van der Waals surface area contributed by atoms with Gasteiger partial charge < -0.3 is 15.2 Å². The Hall–Kier alpha value is -1.06. The first-order chi connectivity index (χ1) is 8.43. The van der Waals surface area contributed by atoms with Crippen molar-refractivity contribution in [3.05, 3.63) is 29.3 Å². The standard InChI is InChI=1S/C15H25NO2/c1-15(2,3)11-6-7-14(18-5)12(10-11)13(16-4)8-9-17/h6-7,10,13,16-17H,8-9H2,1-5H3. The van der Waals surface area contributed by atoms with Crippen molar-refractivity contribution in [3.8, 4) is 5.75 Å². The minimum atomic E-state index is 0.110. The van der Waals surface area contributed by atoms with E-state index < -0.39 is 0 Å². The van der Waals surface area contributed by atoms with Crippen LogP contribution in [0.4, 0.5) is 0 Å². The fourth-order valence-electron chi connectivity index (χ4n) is 2.06. The van der Waals surface area contributed by atoms with E-state index in [1.54, 1.807) is 7.11 Å². The zero-order valence-corrected chi connectivity index (χ0v) is 12.1. The van der Waals surface area contributed by atoms with Crippen LogP contribution in [0.1, 0.15) is 44.4 Å². The van der Waals surface area contributed by atoms with E-state index in [9.17, 15) is 0 Å². The van der Waals surface area contributed by atoms with Crippen LogP contribution in [0.3, 0.4) is 0 Å². The topological polar surface area (TPSA) is 41.5 Å². The number of nitrogens with one attached hydrogen (secondary N) is 1. The molecule has 3 heteroatoms. The molecule has 1 aromatic carbocycles. The Balaban J connectivity index is 3.20. The van der Waals surface area contributed by atoms with Crippen molar-refractivity contribution in [2.24, 2.45) is 0 Å². The number of benzene rings is 1. The molecule has 0 fully saturated rings. The third-order valence-electron chi connectivity index (χ3n) is 3.24. The zero-order chi connectivity index (χ0) is 13.8. The van der Waals surface area contributed by atoms with Gasteiger partial charge in [-0.05, 0) is 36.6 Å². The summed E-state index contributed by atoms with van der Waals surface area (Å²) in [4.78, 5) is 0. The Bertz CT molecular complexity index is 383. The van der Waals surface area contributed by atoms with E-state index in [1.807, 2.05) is 13.1 Å². The summed E-state index contributed by atoms with van der Waals surface area (Å²) in [5, 5.41) is 12.4. The van der Waals surface area contributed by atoms with Gasteiger partial charge in [0.2, 0.25) is 0 Å². The summed E-state index contributed by atoms with van der Waals surface area (Å²) in [5.41, 5.74) is 2.50. The van der Waals surface area contributed by atoms with E-state index in [1.165, 1.54) is 5.56 Å². The molecule has 0 bridgehead atoms. The predicted octanol–water partition coefficient (Wildman–Crippen LogP) is 2.64. The Labute approximate surface area is 110 Å². The average molecular weight is 251 g/mol. The Morgan fingerprint density at radius 1 is 1.33 bits per heavy atom. The van der Waals surface area contributed by atoms with Crippen molar-refractivity contribution < 1.29 is 9.84 Å². The van der Waals surface area contributed by atoms with E-state index >= 15 is 0 Å². The van der Waals surface area contributed by atoms with Crippen LogP contribution in [0.25, 0.3) is 0 Å². The van der Waals surface area contributed by atoms with E-state index in [0.717, 1.165) is 11.3 Å². The molecule has 0 aliphatic heterocycles. The summed E-state index contributed by atoms with van der Waals surface area (Å²) >= 11 is 0. The van der Waals surface area contributed by atoms with Crippen molar-refractivity contribution in [1.82, 2.24) is 5.32 Å². The van der Waals surface area contributed by atoms with Crippen molar-refractivity contribution in [1.29, 1.82) is 0 Å². The summed E-state index contributed by atoms with van der Waals surface area (Å²) in [6.07, 6.45) is 0.681. The first-order valence-corrected chi connectivity index (χ1v) is 6.40. The van der Waals surface area contributed by atoms with Crippen molar-refractivity contribution in [3.63, 3.8) is 0 Å². The number of aliphatic hydroxyl groups is 1. The highest BCUT2D eigenvalue weighted by molar-refractivity contribution is 5.41. The number of methoxy groups -OCH3 is 1. The SMILES string of the molecule is CNC(CCO)c1cc(C(C)(C)C)ccc1OC. The second-order valence-corrected chi connectivity index (χ2v) is 5.56. The molecule has 0 heterocycles. The summed E-state index contributed by atoms with van der Waals surface area (Å²) in [7, 11) is 3.59. The van der Waals surface area contributed by atoms with Gasteiger partial charge in [-0.15, -0.1) is 0 Å². The number of hydrogen-bond acceptors (Lipinski definition) is 3. The molecule has 0 aliphatic carbocycles. The van der Waals surface area contributed by atoms with Gasteiger partial charge in [-0.2, -0.15) is 0 Å². The summed E-state index contributed by atoms with van der Waals surface area (Å²) < 4.78 is 5.42. The maximum absolute atomic E-state index is 9.14. The maximum atomic E-state index is 9.14. The first-order valence-electron chi connectivity index (χ1n) is 6.40. The molecule has 18 heavy (non-hydrogen) atoms. The van der Waals surface area contributed by atoms with Gasteiger partial charge in [0.25, 0.3) is 0 Å². The smallest absolute Gasteiger partial charge is 0.123 e. The van der Waals surface area contributed by atoms with Gasteiger partial charge in [0.1, 0.15) is 5.75 Å². The van der Waals surface area contributed by atoms with Crippen molar-refractivity contribution in [2.75, 3.05) is 20.8 Å². The fraction of sp³-hybridized carbons (Fsp3) is 0.600. The second-order valence-electron chi connectivity index (χ2n) is 5.56. The van der Waals surface area contributed by atoms with Gasteiger partial charge in [-0.3, -0.25) is 0 Å². The number of rotatable bonds is 5. The van der Waals surface area contributed by atoms with Crippen LogP contribution in [0.2, 0.25) is 0 Å². The van der Waals surface area contributed by atoms with Gasteiger partial charge >= 0.3 is 0 Å².